The molecule has 0 heterocycles. The van der Waals surface area contributed by atoms with Crippen LogP contribution in [0.3, 0.4) is 0 Å². The summed E-state index contributed by atoms with van der Waals surface area (Å²) in [5.41, 5.74) is 0. The molecule has 13 heavy (non-hydrogen) atoms. The van der Waals surface area contributed by atoms with Crippen molar-refractivity contribution in [1.82, 2.24) is 0 Å². The Balaban J connectivity index is 0.00000144. The van der Waals surface area contributed by atoms with E-state index in [1.165, 1.54) is 0 Å². The van der Waals surface area contributed by atoms with Crippen molar-refractivity contribution in [2.24, 2.45) is 0 Å². The van der Waals surface area contributed by atoms with Gasteiger partial charge in [-0.05, 0) is 24.3 Å². The third-order valence-corrected chi connectivity index (χ3v) is 1.70. The maximum atomic E-state index is 9.99. The number of ether oxygens (including phenoxy) is 1. The largest absolute Gasteiger partial charge is 1.00 e. The third kappa shape index (κ3) is 5.31. The molecule has 5 heteroatoms. The summed E-state index contributed by atoms with van der Waals surface area (Å²) >= 11 is 3.24. The van der Waals surface area contributed by atoms with Crippen molar-refractivity contribution >= 4 is 21.9 Å². The average Bonchev–Trinajstić information content (AvgIpc) is 2.03. The summed E-state index contributed by atoms with van der Waals surface area (Å²) in [5.74, 6) is -0.708. The van der Waals surface area contributed by atoms with Crippen LogP contribution >= 0.6 is 15.9 Å². The number of carboxylic acids is 1. The molecule has 0 fully saturated rings. The first-order valence-electron chi connectivity index (χ1n) is 3.26. The SMILES string of the molecule is O=C([O-])COc1ccc(Br)cc1.[Na+]. The number of carbonyl (C=O) groups is 1. The van der Waals surface area contributed by atoms with E-state index in [0.717, 1.165) is 4.47 Å². The second kappa shape index (κ2) is 6.43. The molecule has 0 aliphatic carbocycles. The van der Waals surface area contributed by atoms with E-state index in [2.05, 4.69) is 15.9 Å². The Morgan fingerprint density at radius 1 is 1.38 bits per heavy atom. The molecule has 0 spiro atoms. The van der Waals surface area contributed by atoms with E-state index >= 15 is 0 Å². The second-order valence-corrected chi connectivity index (χ2v) is 3.03. The van der Waals surface area contributed by atoms with Crippen LogP contribution in [0.15, 0.2) is 28.7 Å². The topological polar surface area (TPSA) is 49.4 Å². The minimum atomic E-state index is -1.22. The van der Waals surface area contributed by atoms with Gasteiger partial charge in [-0.1, -0.05) is 15.9 Å². The van der Waals surface area contributed by atoms with Gasteiger partial charge >= 0.3 is 29.6 Å². The van der Waals surface area contributed by atoms with E-state index in [4.69, 9.17) is 4.74 Å². The molecular weight excluding hydrogens is 247 g/mol. The summed E-state index contributed by atoms with van der Waals surface area (Å²) in [5, 5.41) is 9.99. The summed E-state index contributed by atoms with van der Waals surface area (Å²) in [4.78, 5) is 9.99. The molecule has 0 saturated carbocycles. The fourth-order valence-electron chi connectivity index (χ4n) is 0.673. The van der Waals surface area contributed by atoms with Gasteiger partial charge in [0.25, 0.3) is 0 Å². The van der Waals surface area contributed by atoms with Gasteiger partial charge < -0.3 is 14.6 Å². The predicted molar refractivity (Wildman–Crippen MR) is 44.6 cm³/mol. The molecular formula is C8H6BrNaO3. The molecule has 0 aromatic heterocycles. The van der Waals surface area contributed by atoms with Crippen LogP contribution in [0.4, 0.5) is 0 Å². The standard InChI is InChI=1S/C8H7BrO3.Na/c9-6-1-3-7(4-2-6)12-5-8(10)11;/h1-4H,5H2,(H,10,11);/q;+1/p-1. The molecule has 0 aliphatic heterocycles. The summed E-state index contributed by atoms with van der Waals surface area (Å²) in [6.07, 6.45) is 0. The zero-order chi connectivity index (χ0) is 8.97. The molecule has 1 aromatic rings. The van der Waals surface area contributed by atoms with Crippen molar-refractivity contribution in [2.75, 3.05) is 6.61 Å². The molecule has 0 bridgehead atoms. The van der Waals surface area contributed by atoms with E-state index in [1.54, 1.807) is 24.3 Å². The van der Waals surface area contributed by atoms with Gasteiger partial charge in [0.15, 0.2) is 0 Å². The Bertz CT molecular complexity index is 273. The molecule has 1 aromatic carbocycles. The number of hydrogen-bond acceptors (Lipinski definition) is 3. The van der Waals surface area contributed by atoms with E-state index < -0.39 is 12.6 Å². The van der Waals surface area contributed by atoms with Crippen molar-refractivity contribution in [1.29, 1.82) is 0 Å². The molecule has 0 radical (unpaired) electrons. The summed E-state index contributed by atoms with van der Waals surface area (Å²) < 4.78 is 5.76. The molecule has 0 aliphatic rings. The average molecular weight is 253 g/mol. The van der Waals surface area contributed by atoms with Gasteiger partial charge in [0, 0.05) is 4.47 Å². The quantitative estimate of drug-likeness (QED) is 0.563. The van der Waals surface area contributed by atoms with Gasteiger partial charge in [-0.3, -0.25) is 0 Å². The minimum absolute atomic E-state index is 0. The van der Waals surface area contributed by atoms with E-state index in [0.29, 0.717) is 5.75 Å². The maximum Gasteiger partial charge on any atom is 1.00 e. The minimum Gasteiger partial charge on any atom is -0.546 e. The molecule has 0 saturated heterocycles. The predicted octanol–water partition coefficient (Wildman–Crippen LogP) is -2.42. The Hall–Kier alpha value is -0.0300. The Morgan fingerprint density at radius 2 is 1.92 bits per heavy atom. The fourth-order valence-corrected chi connectivity index (χ4v) is 0.937. The van der Waals surface area contributed by atoms with Gasteiger partial charge in [0.05, 0.1) is 5.97 Å². The molecule has 0 unspecified atom stereocenters. The van der Waals surface area contributed by atoms with E-state index in [1.807, 2.05) is 0 Å². The number of carbonyl (C=O) groups excluding carboxylic acids is 1. The molecule has 0 N–H and O–H groups in total. The zero-order valence-corrected chi connectivity index (χ0v) is 10.7. The number of rotatable bonds is 3. The van der Waals surface area contributed by atoms with Crippen molar-refractivity contribution < 1.29 is 44.2 Å². The zero-order valence-electron chi connectivity index (χ0n) is 7.12. The summed E-state index contributed by atoms with van der Waals surface area (Å²) in [6.45, 7) is -0.415. The summed E-state index contributed by atoms with van der Waals surface area (Å²) in [6, 6.07) is 6.88. The smallest absolute Gasteiger partial charge is 0.546 e. The van der Waals surface area contributed by atoms with Crippen molar-refractivity contribution in [2.45, 2.75) is 0 Å². The number of aliphatic carboxylic acids is 1. The first-order chi connectivity index (χ1) is 5.68. The van der Waals surface area contributed by atoms with Crippen LogP contribution in [0.5, 0.6) is 5.75 Å². The van der Waals surface area contributed by atoms with Crippen LogP contribution in [0.1, 0.15) is 0 Å². The van der Waals surface area contributed by atoms with Crippen LogP contribution in [0, 0.1) is 0 Å². The van der Waals surface area contributed by atoms with Crippen molar-refractivity contribution in [3.8, 4) is 5.75 Å². The first kappa shape index (κ1) is 13.0. The number of halogens is 1. The molecule has 1 rings (SSSR count). The van der Waals surface area contributed by atoms with Crippen LogP contribution in [0.2, 0.25) is 0 Å². The van der Waals surface area contributed by atoms with E-state index in [-0.39, 0.29) is 29.6 Å². The number of hydrogen-bond donors (Lipinski definition) is 0. The Labute approximate surface area is 107 Å². The third-order valence-electron chi connectivity index (χ3n) is 1.17. The van der Waals surface area contributed by atoms with Gasteiger partial charge in [-0.2, -0.15) is 0 Å². The first-order valence-corrected chi connectivity index (χ1v) is 4.06. The maximum absolute atomic E-state index is 9.99. The summed E-state index contributed by atoms with van der Waals surface area (Å²) in [7, 11) is 0. The van der Waals surface area contributed by atoms with Crippen LogP contribution in [0.25, 0.3) is 0 Å². The van der Waals surface area contributed by atoms with Gasteiger partial charge in [-0.25, -0.2) is 0 Å². The second-order valence-electron chi connectivity index (χ2n) is 2.11. The molecule has 64 valence electrons. The number of carboxylic acid groups (broad SMARTS) is 1. The number of benzene rings is 1. The normalized spacial score (nSPS) is 8.69. The van der Waals surface area contributed by atoms with E-state index in [9.17, 15) is 9.90 Å². The van der Waals surface area contributed by atoms with Gasteiger partial charge in [0.2, 0.25) is 0 Å². The molecule has 0 atom stereocenters. The van der Waals surface area contributed by atoms with Crippen molar-refractivity contribution in [3.05, 3.63) is 28.7 Å². The fraction of sp³-hybridized carbons (Fsp3) is 0.125. The van der Waals surface area contributed by atoms with Crippen molar-refractivity contribution in [3.63, 3.8) is 0 Å². The Morgan fingerprint density at radius 3 is 2.38 bits per heavy atom. The van der Waals surface area contributed by atoms with Crippen LogP contribution in [-0.4, -0.2) is 12.6 Å². The van der Waals surface area contributed by atoms with Crippen LogP contribution in [-0.2, 0) is 4.79 Å². The van der Waals surface area contributed by atoms with Crippen LogP contribution < -0.4 is 39.4 Å². The van der Waals surface area contributed by atoms with Gasteiger partial charge in [0.1, 0.15) is 12.4 Å². The molecule has 3 nitrogen and oxygen atoms in total. The molecule has 0 amide bonds. The van der Waals surface area contributed by atoms with Gasteiger partial charge in [-0.15, -0.1) is 0 Å². The monoisotopic (exact) mass is 252 g/mol. The Kier molecular flexibility index (Phi) is 6.41.